The zero-order valence-corrected chi connectivity index (χ0v) is 9.20. The molecule has 0 aromatic carbocycles. The van der Waals surface area contributed by atoms with Crippen LogP contribution in [0.3, 0.4) is 0 Å². The molecule has 0 atom stereocenters. The Kier molecular flexibility index (Phi) is 5.99. The van der Waals surface area contributed by atoms with Gasteiger partial charge >= 0.3 is 0 Å². The summed E-state index contributed by atoms with van der Waals surface area (Å²) < 4.78 is 11.3. The molecule has 0 aliphatic heterocycles. The minimum Gasteiger partial charge on any atom is -0.259 e. The van der Waals surface area contributed by atoms with Crippen LogP contribution in [-0.2, 0) is 10.8 Å². The first-order valence-electron chi connectivity index (χ1n) is 4.14. The lowest BCUT2D eigenvalue weighted by atomic mass is 10.3. The number of hydrogen-bond acceptors (Lipinski definition) is 1. The normalized spacial score (nSPS) is 9.75. The molecular weight excluding hydrogens is 168 g/mol. The first-order chi connectivity index (χ1) is 5.52. The molecule has 0 rings (SSSR count). The van der Waals surface area contributed by atoms with Gasteiger partial charge in [0.1, 0.15) is 0 Å². The molecule has 0 unspecified atom stereocenters. The van der Waals surface area contributed by atoms with Crippen molar-refractivity contribution >= 4 is 10.8 Å². The van der Waals surface area contributed by atoms with Gasteiger partial charge in [0.2, 0.25) is 0 Å². The van der Waals surface area contributed by atoms with Crippen LogP contribution in [0.4, 0.5) is 0 Å². The lowest BCUT2D eigenvalue weighted by molar-refractivity contribution is 0.686. The van der Waals surface area contributed by atoms with Crippen LogP contribution in [0.15, 0.2) is 23.3 Å². The Morgan fingerprint density at radius 1 is 1.00 bits per heavy atom. The Bertz CT molecular complexity index is 184. The molecule has 0 saturated carbocycles. The maximum atomic E-state index is 11.3. The largest absolute Gasteiger partial charge is 0.259 e. The molecule has 0 N–H and O–H groups in total. The fourth-order valence-electron chi connectivity index (χ4n) is 0.587. The lowest BCUT2D eigenvalue weighted by Gasteiger charge is -1.94. The predicted molar refractivity (Wildman–Crippen MR) is 56.7 cm³/mol. The van der Waals surface area contributed by atoms with Gasteiger partial charge in [-0.15, -0.1) is 0 Å². The van der Waals surface area contributed by atoms with Crippen LogP contribution in [0.2, 0.25) is 0 Å². The summed E-state index contributed by atoms with van der Waals surface area (Å²) in [7, 11) is -0.714. The van der Waals surface area contributed by atoms with Gasteiger partial charge in [-0.3, -0.25) is 4.21 Å². The minimum absolute atomic E-state index is 0.687. The van der Waals surface area contributed by atoms with Crippen LogP contribution in [-0.4, -0.2) is 15.7 Å². The van der Waals surface area contributed by atoms with Crippen molar-refractivity contribution in [2.45, 2.75) is 27.7 Å². The Morgan fingerprint density at radius 3 is 1.58 bits per heavy atom. The highest BCUT2D eigenvalue weighted by atomic mass is 32.2. The molecule has 0 amide bonds. The molecule has 0 aliphatic carbocycles. The predicted octanol–water partition coefficient (Wildman–Crippen LogP) is 2.67. The van der Waals surface area contributed by atoms with Gasteiger partial charge in [0.15, 0.2) is 0 Å². The van der Waals surface area contributed by atoms with E-state index in [9.17, 15) is 4.21 Å². The van der Waals surface area contributed by atoms with E-state index in [0.29, 0.717) is 11.5 Å². The van der Waals surface area contributed by atoms with Crippen LogP contribution in [0.5, 0.6) is 0 Å². The molecule has 0 heterocycles. The lowest BCUT2D eigenvalue weighted by Crippen LogP contribution is -1.98. The van der Waals surface area contributed by atoms with Crippen molar-refractivity contribution in [1.82, 2.24) is 0 Å². The van der Waals surface area contributed by atoms with Gasteiger partial charge in [-0.25, -0.2) is 0 Å². The zero-order chi connectivity index (χ0) is 9.56. The molecular formula is C10H18OS. The number of allylic oxidation sites excluding steroid dienone is 2. The molecule has 0 saturated heterocycles. The monoisotopic (exact) mass is 186 g/mol. The Labute approximate surface area is 78.0 Å². The van der Waals surface area contributed by atoms with Crippen LogP contribution >= 0.6 is 0 Å². The smallest absolute Gasteiger partial charge is 0.0420 e. The van der Waals surface area contributed by atoms with Crippen molar-refractivity contribution in [2.24, 2.45) is 0 Å². The van der Waals surface area contributed by atoms with Gasteiger partial charge in [-0.1, -0.05) is 23.3 Å². The third-order valence-electron chi connectivity index (χ3n) is 1.35. The molecule has 0 aliphatic rings. The second-order valence-corrected chi connectivity index (χ2v) is 4.88. The van der Waals surface area contributed by atoms with Gasteiger partial charge in [-0.2, -0.15) is 0 Å². The van der Waals surface area contributed by atoms with Gasteiger partial charge in [0.25, 0.3) is 0 Å². The molecule has 0 bridgehead atoms. The average molecular weight is 186 g/mol. The van der Waals surface area contributed by atoms with Gasteiger partial charge in [-0.05, 0) is 27.7 Å². The minimum atomic E-state index is -0.714. The SMILES string of the molecule is CC(C)=CCS(=O)CC=C(C)C. The topological polar surface area (TPSA) is 17.1 Å². The summed E-state index contributed by atoms with van der Waals surface area (Å²) >= 11 is 0. The van der Waals surface area contributed by atoms with E-state index in [1.165, 1.54) is 11.1 Å². The molecule has 2 heteroatoms. The molecule has 0 radical (unpaired) electrons. The van der Waals surface area contributed by atoms with E-state index in [-0.39, 0.29) is 0 Å². The quantitative estimate of drug-likeness (QED) is 0.617. The maximum Gasteiger partial charge on any atom is 0.0420 e. The molecule has 12 heavy (non-hydrogen) atoms. The molecule has 0 fully saturated rings. The number of rotatable bonds is 4. The average Bonchev–Trinajstić information content (AvgIpc) is 1.96. The maximum absolute atomic E-state index is 11.3. The van der Waals surface area contributed by atoms with E-state index in [2.05, 4.69) is 0 Å². The molecule has 0 aromatic heterocycles. The molecule has 70 valence electrons. The van der Waals surface area contributed by atoms with E-state index >= 15 is 0 Å². The van der Waals surface area contributed by atoms with Gasteiger partial charge in [0.05, 0.1) is 0 Å². The molecule has 0 spiro atoms. The third-order valence-corrected chi connectivity index (χ3v) is 2.43. The van der Waals surface area contributed by atoms with Crippen molar-refractivity contribution in [1.29, 1.82) is 0 Å². The highest BCUT2D eigenvalue weighted by Crippen LogP contribution is 1.94. The fraction of sp³-hybridized carbons (Fsp3) is 0.600. The Hall–Kier alpha value is -0.370. The first-order valence-corrected chi connectivity index (χ1v) is 5.63. The standard InChI is InChI=1S/C10H18OS/c1-9(2)5-7-12(11)8-6-10(3)4/h5-6H,7-8H2,1-4H3. The Balaban J connectivity index is 3.76. The second kappa shape index (κ2) is 6.18. The highest BCUT2D eigenvalue weighted by molar-refractivity contribution is 7.85. The highest BCUT2D eigenvalue weighted by Gasteiger charge is 1.93. The van der Waals surface area contributed by atoms with Crippen LogP contribution in [0, 0.1) is 0 Å². The van der Waals surface area contributed by atoms with Crippen LogP contribution in [0.25, 0.3) is 0 Å². The van der Waals surface area contributed by atoms with Crippen molar-refractivity contribution in [2.75, 3.05) is 11.5 Å². The van der Waals surface area contributed by atoms with E-state index in [0.717, 1.165) is 0 Å². The first kappa shape index (κ1) is 11.6. The summed E-state index contributed by atoms with van der Waals surface area (Å²) in [6.45, 7) is 8.10. The van der Waals surface area contributed by atoms with E-state index in [4.69, 9.17) is 0 Å². The van der Waals surface area contributed by atoms with Gasteiger partial charge < -0.3 is 0 Å². The summed E-state index contributed by atoms with van der Waals surface area (Å²) in [5, 5.41) is 0. The van der Waals surface area contributed by atoms with Crippen molar-refractivity contribution in [3.8, 4) is 0 Å². The summed E-state index contributed by atoms with van der Waals surface area (Å²) in [5.74, 6) is 1.37. The van der Waals surface area contributed by atoms with Crippen molar-refractivity contribution in [3.63, 3.8) is 0 Å². The summed E-state index contributed by atoms with van der Waals surface area (Å²) in [6.07, 6.45) is 4.05. The summed E-state index contributed by atoms with van der Waals surface area (Å²) in [4.78, 5) is 0. The summed E-state index contributed by atoms with van der Waals surface area (Å²) in [6, 6.07) is 0. The Morgan fingerprint density at radius 2 is 1.33 bits per heavy atom. The fourth-order valence-corrected chi connectivity index (χ4v) is 1.76. The van der Waals surface area contributed by atoms with Crippen molar-refractivity contribution < 1.29 is 4.21 Å². The second-order valence-electron chi connectivity index (χ2n) is 3.34. The number of hydrogen-bond donors (Lipinski definition) is 0. The van der Waals surface area contributed by atoms with E-state index < -0.39 is 10.8 Å². The van der Waals surface area contributed by atoms with E-state index in [1.54, 1.807) is 0 Å². The third kappa shape index (κ3) is 7.73. The van der Waals surface area contributed by atoms with E-state index in [1.807, 2.05) is 39.8 Å². The van der Waals surface area contributed by atoms with Crippen molar-refractivity contribution in [3.05, 3.63) is 23.3 Å². The van der Waals surface area contributed by atoms with Crippen LogP contribution < -0.4 is 0 Å². The summed E-state index contributed by atoms with van der Waals surface area (Å²) in [5.41, 5.74) is 2.47. The van der Waals surface area contributed by atoms with Crippen LogP contribution in [0.1, 0.15) is 27.7 Å². The molecule has 1 nitrogen and oxygen atoms in total. The zero-order valence-electron chi connectivity index (χ0n) is 8.39. The van der Waals surface area contributed by atoms with Gasteiger partial charge in [0, 0.05) is 22.3 Å². The molecule has 0 aromatic rings.